The predicted molar refractivity (Wildman–Crippen MR) is 100.0 cm³/mol. The SMILES string of the molecule is COc1ccc(OC)c(N2C[C@@H](c3nc4ccccc4n3C)CC2=O)c1. The maximum absolute atomic E-state index is 12.7. The molecule has 1 saturated heterocycles. The molecule has 1 atom stereocenters. The topological polar surface area (TPSA) is 56.6 Å². The maximum Gasteiger partial charge on any atom is 0.227 e. The van der Waals surface area contributed by atoms with Gasteiger partial charge >= 0.3 is 0 Å². The summed E-state index contributed by atoms with van der Waals surface area (Å²) in [5.74, 6) is 2.39. The van der Waals surface area contributed by atoms with Crippen molar-refractivity contribution in [3.63, 3.8) is 0 Å². The van der Waals surface area contributed by atoms with Gasteiger partial charge in [-0.2, -0.15) is 0 Å². The number of rotatable bonds is 4. The van der Waals surface area contributed by atoms with Gasteiger partial charge < -0.3 is 18.9 Å². The van der Waals surface area contributed by atoms with Gasteiger partial charge in [0.15, 0.2) is 0 Å². The van der Waals surface area contributed by atoms with Gasteiger partial charge in [-0.05, 0) is 24.3 Å². The predicted octanol–water partition coefficient (Wildman–Crippen LogP) is 3.11. The zero-order valence-corrected chi connectivity index (χ0v) is 15.1. The fourth-order valence-corrected chi connectivity index (χ4v) is 3.65. The van der Waals surface area contributed by atoms with Crippen LogP contribution in [0.1, 0.15) is 18.2 Å². The third-order valence-corrected chi connectivity index (χ3v) is 4.99. The van der Waals surface area contributed by atoms with Crippen molar-refractivity contribution in [2.45, 2.75) is 12.3 Å². The lowest BCUT2D eigenvalue weighted by Gasteiger charge is -2.20. The minimum absolute atomic E-state index is 0.0378. The van der Waals surface area contributed by atoms with E-state index in [-0.39, 0.29) is 11.8 Å². The van der Waals surface area contributed by atoms with Crippen molar-refractivity contribution in [1.29, 1.82) is 0 Å². The molecule has 1 amide bonds. The second-order valence-corrected chi connectivity index (χ2v) is 6.46. The van der Waals surface area contributed by atoms with E-state index in [1.165, 1.54) is 0 Å². The van der Waals surface area contributed by atoms with E-state index in [0.717, 1.165) is 22.5 Å². The molecule has 26 heavy (non-hydrogen) atoms. The van der Waals surface area contributed by atoms with Crippen LogP contribution < -0.4 is 14.4 Å². The lowest BCUT2D eigenvalue weighted by Crippen LogP contribution is -2.25. The van der Waals surface area contributed by atoms with E-state index in [2.05, 4.69) is 4.57 Å². The molecule has 0 spiro atoms. The van der Waals surface area contributed by atoms with Gasteiger partial charge in [-0.15, -0.1) is 0 Å². The van der Waals surface area contributed by atoms with Crippen molar-refractivity contribution in [3.8, 4) is 11.5 Å². The number of methoxy groups -OCH3 is 2. The van der Waals surface area contributed by atoms with Crippen LogP contribution >= 0.6 is 0 Å². The summed E-state index contributed by atoms with van der Waals surface area (Å²) in [6.07, 6.45) is 0.428. The Labute approximate surface area is 152 Å². The molecule has 2 aromatic carbocycles. The van der Waals surface area contributed by atoms with Crippen LogP contribution in [0.4, 0.5) is 5.69 Å². The Hall–Kier alpha value is -3.02. The van der Waals surface area contributed by atoms with Gasteiger partial charge in [0.1, 0.15) is 17.3 Å². The van der Waals surface area contributed by atoms with Gasteiger partial charge in [-0.3, -0.25) is 4.79 Å². The molecule has 4 rings (SSSR count). The quantitative estimate of drug-likeness (QED) is 0.725. The van der Waals surface area contributed by atoms with Gasteiger partial charge in [0, 0.05) is 32.0 Å². The van der Waals surface area contributed by atoms with Crippen LogP contribution in [0.5, 0.6) is 11.5 Å². The summed E-state index contributed by atoms with van der Waals surface area (Å²) in [5, 5.41) is 0. The van der Waals surface area contributed by atoms with Crippen LogP contribution in [0.2, 0.25) is 0 Å². The first-order chi connectivity index (χ1) is 12.6. The largest absolute Gasteiger partial charge is 0.497 e. The maximum atomic E-state index is 12.7. The fraction of sp³-hybridized carbons (Fsp3) is 0.300. The number of carbonyl (C=O) groups excluding carboxylic acids is 1. The summed E-state index contributed by atoms with van der Waals surface area (Å²) in [6, 6.07) is 13.5. The highest BCUT2D eigenvalue weighted by Gasteiger charge is 2.35. The van der Waals surface area contributed by atoms with Crippen molar-refractivity contribution >= 4 is 22.6 Å². The fourth-order valence-electron chi connectivity index (χ4n) is 3.65. The lowest BCUT2D eigenvalue weighted by molar-refractivity contribution is -0.117. The second kappa shape index (κ2) is 6.37. The van der Waals surface area contributed by atoms with Gasteiger partial charge in [0.2, 0.25) is 5.91 Å². The van der Waals surface area contributed by atoms with E-state index in [1.54, 1.807) is 19.1 Å². The summed E-state index contributed by atoms with van der Waals surface area (Å²) in [6.45, 7) is 0.569. The molecule has 134 valence electrons. The molecule has 0 bridgehead atoms. The number of nitrogens with zero attached hydrogens (tertiary/aromatic N) is 3. The number of imidazole rings is 1. The lowest BCUT2D eigenvalue weighted by atomic mass is 10.1. The summed E-state index contributed by atoms with van der Waals surface area (Å²) in [7, 11) is 5.22. The number of carbonyl (C=O) groups is 1. The van der Waals surface area contributed by atoms with E-state index in [1.807, 2.05) is 49.5 Å². The summed E-state index contributed by atoms with van der Waals surface area (Å²) in [4.78, 5) is 19.3. The third kappa shape index (κ3) is 2.58. The van der Waals surface area contributed by atoms with Crippen molar-refractivity contribution in [1.82, 2.24) is 9.55 Å². The van der Waals surface area contributed by atoms with E-state index in [0.29, 0.717) is 24.5 Å². The van der Waals surface area contributed by atoms with Gasteiger partial charge in [-0.1, -0.05) is 12.1 Å². The number of hydrogen-bond acceptors (Lipinski definition) is 4. The Bertz CT molecular complexity index is 980. The third-order valence-electron chi connectivity index (χ3n) is 4.99. The Kier molecular flexibility index (Phi) is 4.03. The summed E-state index contributed by atoms with van der Waals surface area (Å²) in [5.41, 5.74) is 2.76. The first-order valence-corrected chi connectivity index (χ1v) is 8.56. The van der Waals surface area contributed by atoms with Crippen molar-refractivity contribution in [2.24, 2.45) is 7.05 Å². The van der Waals surface area contributed by atoms with Gasteiger partial charge in [0.05, 0.1) is 30.9 Å². The standard InChI is InChI=1S/C20H21N3O3/c1-22-16-7-5-4-6-15(16)21-20(22)13-10-19(24)23(12-13)17-11-14(25-2)8-9-18(17)26-3/h4-9,11,13H,10,12H2,1-3H3/t13-/m0/s1. The zero-order chi connectivity index (χ0) is 18.3. The zero-order valence-electron chi connectivity index (χ0n) is 15.1. The summed E-state index contributed by atoms with van der Waals surface area (Å²) >= 11 is 0. The Morgan fingerprint density at radius 2 is 1.92 bits per heavy atom. The van der Waals surface area contributed by atoms with Crippen molar-refractivity contribution < 1.29 is 14.3 Å². The number of aryl methyl sites for hydroxylation is 1. The Morgan fingerprint density at radius 3 is 2.65 bits per heavy atom. The number of fused-ring (bicyclic) bond motifs is 1. The molecule has 1 fully saturated rings. The van der Waals surface area contributed by atoms with Crippen LogP contribution in [0.25, 0.3) is 11.0 Å². The van der Waals surface area contributed by atoms with Crippen LogP contribution in [0, 0.1) is 0 Å². The van der Waals surface area contributed by atoms with Gasteiger partial charge in [-0.25, -0.2) is 4.98 Å². The Morgan fingerprint density at radius 1 is 1.12 bits per heavy atom. The number of amides is 1. The molecule has 3 aromatic rings. The van der Waals surface area contributed by atoms with E-state index in [4.69, 9.17) is 14.5 Å². The number of benzene rings is 2. The highest BCUT2D eigenvalue weighted by atomic mass is 16.5. The smallest absolute Gasteiger partial charge is 0.227 e. The molecule has 0 radical (unpaired) electrons. The minimum atomic E-state index is 0.0378. The number of ether oxygens (including phenoxy) is 2. The number of anilines is 1. The summed E-state index contributed by atoms with van der Waals surface area (Å²) < 4.78 is 12.8. The monoisotopic (exact) mass is 351 g/mol. The first kappa shape index (κ1) is 16.4. The molecule has 2 heterocycles. The highest BCUT2D eigenvalue weighted by Crippen LogP contribution is 2.38. The molecule has 0 aliphatic carbocycles. The normalized spacial score (nSPS) is 17.1. The van der Waals surface area contributed by atoms with Crippen molar-refractivity contribution in [2.75, 3.05) is 25.7 Å². The van der Waals surface area contributed by atoms with Crippen LogP contribution in [-0.2, 0) is 11.8 Å². The second-order valence-electron chi connectivity index (χ2n) is 6.46. The van der Waals surface area contributed by atoms with E-state index < -0.39 is 0 Å². The molecule has 6 heteroatoms. The highest BCUT2D eigenvalue weighted by molar-refractivity contribution is 5.98. The van der Waals surface area contributed by atoms with E-state index >= 15 is 0 Å². The van der Waals surface area contributed by atoms with Crippen LogP contribution in [-0.4, -0.2) is 36.2 Å². The average molecular weight is 351 g/mol. The number of aromatic nitrogens is 2. The molecular formula is C20H21N3O3. The molecular weight excluding hydrogens is 330 g/mol. The number of para-hydroxylation sites is 2. The first-order valence-electron chi connectivity index (χ1n) is 8.56. The average Bonchev–Trinajstić information content (AvgIpc) is 3.21. The molecule has 0 N–H and O–H groups in total. The van der Waals surface area contributed by atoms with Crippen molar-refractivity contribution in [3.05, 3.63) is 48.3 Å². The molecule has 1 aromatic heterocycles. The molecule has 0 saturated carbocycles. The van der Waals surface area contributed by atoms with Crippen LogP contribution in [0.3, 0.4) is 0 Å². The molecule has 1 aliphatic rings. The van der Waals surface area contributed by atoms with E-state index in [9.17, 15) is 4.79 Å². The molecule has 6 nitrogen and oxygen atoms in total. The van der Waals surface area contributed by atoms with Gasteiger partial charge in [0.25, 0.3) is 0 Å². The minimum Gasteiger partial charge on any atom is -0.497 e. The van der Waals surface area contributed by atoms with Crippen LogP contribution in [0.15, 0.2) is 42.5 Å². The molecule has 0 unspecified atom stereocenters. The Balaban J connectivity index is 1.70. The number of hydrogen-bond donors (Lipinski definition) is 0. The molecule has 1 aliphatic heterocycles.